The summed E-state index contributed by atoms with van der Waals surface area (Å²) in [5, 5.41) is 12.2. The molecule has 1 aromatic carbocycles. The van der Waals surface area contributed by atoms with Crippen LogP contribution in [0.1, 0.15) is 23.0 Å². The van der Waals surface area contributed by atoms with E-state index in [1.807, 2.05) is 31.2 Å². The lowest BCUT2D eigenvalue weighted by molar-refractivity contribution is -0.549. The molecule has 0 aliphatic carbocycles. The van der Waals surface area contributed by atoms with E-state index in [1.54, 1.807) is 6.08 Å². The number of rotatable bonds is 1. The van der Waals surface area contributed by atoms with E-state index in [0.29, 0.717) is 18.9 Å². The number of aromatic amines is 1. The molecule has 4 rings (SSSR count). The third-order valence-corrected chi connectivity index (χ3v) is 5.10. The van der Waals surface area contributed by atoms with Gasteiger partial charge in [-0.2, -0.15) is 0 Å². The average molecular weight is 397 g/mol. The maximum atomic E-state index is 12.0. The second-order valence-electron chi connectivity index (χ2n) is 6.86. The predicted molar refractivity (Wildman–Crippen MR) is 108 cm³/mol. The van der Waals surface area contributed by atoms with Crippen molar-refractivity contribution >= 4 is 36.1 Å². The summed E-state index contributed by atoms with van der Waals surface area (Å²) in [6.45, 7) is 6.16. The minimum Gasteiger partial charge on any atom is -0.493 e. The summed E-state index contributed by atoms with van der Waals surface area (Å²) >= 11 is 5.17. The molecule has 2 N–H and O–H groups in total. The Kier molecular flexibility index (Phi) is 4.82. The molecule has 0 bridgehead atoms. The van der Waals surface area contributed by atoms with Crippen LogP contribution in [-0.4, -0.2) is 57.3 Å². The van der Waals surface area contributed by atoms with Gasteiger partial charge in [0, 0.05) is 12.1 Å². The molecule has 2 aromatic rings. The molecule has 8 heteroatoms. The van der Waals surface area contributed by atoms with Gasteiger partial charge in [0.1, 0.15) is 18.8 Å². The monoisotopic (exact) mass is 397 g/mol. The molecule has 3 heterocycles. The first-order chi connectivity index (χ1) is 13.4. The molecule has 28 heavy (non-hydrogen) atoms. The van der Waals surface area contributed by atoms with Gasteiger partial charge in [-0.15, -0.1) is 0 Å². The van der Waals surface area contributed by atoms with Gasteiger partial charge in [-0.05, 0) is 47.9 Å². The molecule has 0 amide bonds. The van der Waals surface area contributed by atoms with Crippen LogP contribution in [0.15, 0.2) is 28.8 Å². The van der Waals surface area contributed by atoms with Crippen molar-refractivity contribution < 1.29 is 19.2 Å². The summed E-state index contributed by atoms with van der Waals surface area (Å²) in [5.74, 6) is 0.380. The Morgan fingerprint density at radius 1 is 1.39 bits per heavy atom. The molecule has 1 saturated heterocycles. The SMILES string of the molecule is CC(=O)n1c(/C=C2\C=c3ccc(C)cc3=NC2=[N+]2CCOCC2)c(O)[nH]c1=S. The molecule has 0 unspecified atom stereocenters. The summed E-state index contributed by atoms with van der Waals surface area (Å²) < 4.78 is 9.08. The maximum absolute atomic E-state index is 12.0. The molecule has 0 radical (unpaired) electrons. The number of benzene rings is 1. The second kappa shape index (κ2) is 7.29. The number of carbonyl (C=O) groups is 1. The Hall–Kier alpha value is -2.84. The van der Waals surface area contributed by atoms with Gasteiger partial charge in [-0.1, -0.05) is 12.1 Å². The molecule has 0 spiro atoms. The summed E-state index contributed by atoms with van der Waals surface area (Å²) in [6.07, 6.45) is 3.77. The van der Waals surface area contributed by atoms with Gasteiger partial charge in [-0.3, -0.25) is 13.9 Å². The highest BCUT2D eigenvalue weighted by molar-refractivity contribution is 7.71. The highest BCUT2D eigenvalue weighted by atomic mass is 32.1. The number of nitrogens with zero attached hydrogens (tertiary/aromatic N) is 3. The standard InChI is InChI=1S/C20H20N4O3S/c1-12-3-4-14-10-15(11-17-19(26)22-20(28)24(17)13(2)25)18(21-16(14)9-12)23-5-7-27-8-6-23/h3-4,9-11H,5-8H2,1-2H3,(H,22,26,28)/p+1. The molecular weight excluding hydrogens is 376 g/mol. The minimum absolute atomic E-state index is 0.142. The summed E-state index contributed by atoms with van der Waals surface area (Å²) in [5.41, 5.74) is 2.26. The summed E-state index contributed by atoms with van der Waals surface area (Å²) in [4.78, 5) is 19.6. The molecule has 0 saturated carbocycles. The van der Waals surface area contributed by atoms with Crippen LogP contribution in [0.4, 0.5) is 0 Å². The number of imidazole rings is 1. The molecule has 1 aromatic heterocycles. The van der Waals surface area contributed by atoms with Crippen LogP contribution >= 0.6 is 12.2 Å². The smallest absolute Gasteiger partial charge is 0.326 e. The van der Waals surface area contributed by atoms with Crippen LogP contribution in [0.25, 0.3) is 12.2 Å². The highest BCUT2D eigenvalue weighted by Gasteiger charge is 2.25. The number of amidine groups is 1. The summed E-state index contributed by atoms with van der Waals surface area (Å²) in [6, 6.07) is 6.10. The first-order valence-corrected chi connectivity index (χ1v) is 9.48. The zero-order chi connectivity index (χ0) is 19.8. The number of aromatic nitrogens is 2. The fourth-order valence-corrected chi connectivity index (χ4v) is 3.77. The number of morpholine rings is 1. The van der Waals surface area contributed by atoms with Crippen molar-refractivity contribution in [1.82, 2.24) is 9.55 Å². The number of H-pyrrole nitrogens is 1. The van der Waals surface area contributed by atoms with Crippen LogP contribution < -0.4 is 10.6 Å². The Labute approximate surface area is 166 Å². The number of aryl methyl sites for hydroxylation is 1. The van der Waals surface area contributed by atoms with Crippen LogP contribution in [-0.2, 0) is 4.74 Å². The van der Waals surface area contributed by atoms with Crippen LogP contribution in [0.5, 0.6) is 5.88 Å². The number of hydrogen-bond donors (Lipinski definition) is 2. The van der Waals surface area contributed by atoms with E-state index in [4.69, 9.17) is 21.9 Å². The van der Waals surface area contributed by atoms with Crippen molar-refractivity contribution in [3.63, 3.8) is 0 Å². The fourth-order valence-electron chi connectivity index (χ4n) is 3.45. The number of aromatic hydroxyl groups is 1. The van der Waals surface area contributed by atoms with Crippen molar-refractivity contribution in [2.75, 3.05) is 26.3 Å². The van der Waals surface area contributed by atoms with Crippen molar-refractivity contribution in [3.05, 3.63) is 50.4 Å². The third-order valence-electron chi connectivity index (χ3n) is 4.81. The van der Waals surface area contributed by atoms with Gasteiger partial charge in [0.2, 0.25) is 11.8 Å². The molecule has 1 fully saturated rings. The van der Waals surface area contributed by atoms with E-state index in [0.717, 1.165) is 40.6 Å². The zero-order valence-electron chi connectivity index (χ0n) is 15.7. The Balaban J connectivity index is 1.98. The van der Waals surface area contributed by atoms with Gasteiger partial charge in [0.05, 0.1) is 18.8 Å². The van der Waals surface area contributed by atoms with Gasteiger partial charge < -0.3 is 14.8 Å². The minimum atomic E-state index is -0.273. The lowest BCUT2D eigenvalue weighted by Crippen LogP contribution is -2.38. The Morgan fingerprint density at radius 3 is 2.86 bits per heavy atom. The fraction of sp³-hybridized carbons (Fsp3) is 0.300. The van der Waals surface area contributed by atoms with Crippen molar-refractivity contribution in [2.24, 2.45) is 4.99 Å². The van der Waals surface area contributed by atoms with Gasteiger partial charge in [0.15, 0.2) is 10.1 Å². The second-order valence-corrected chi connectivity index (χ2v) is 7.25. The predicted octanol–water partition coefficient (Wildman–Crippen LogP) is 1.16. The Morgan fingerprint density at radius 2 is 2.14 bits per heavy atom. The first kappa shape index (κ1) is 18.5. The van der Waals surface area contributed by atoms with E-state index in [1.165, 1.54) is 11.5 Å². The van der Waals surface area contributed by atoms with Gasteiger partial charge >= 0.3 is 5.84 Å². The van der Waals surface area contributed by atoms with Crippen LogP contribution in [0.3, 0.4) is 0 Å². The normalized spacial score (nSPS) is 17.9. The summed E-state index contributed by atoms with van der Waals surface area (Å²) in [7, 11) is 0. The quantitative estimate of drug-likeness (QED) is 0.559. The largest absolute Gasteiger partial charge is 0.493 e. The van der Waals surface area contributed by atoms with E-state index >= 15 is 0 Å². The molecular formula is C20H21N4O3S+. The highest BCUT2D eigenvalue weighted by Crippen LogP contribution is 2.21. The topological polar surface area (TPSA) is 82.6 Å². The van der Waals surface area contributed by atoms with Crippen LogP contribution in [0.2, 0.25) is 0 Å². The van der Waals surface area contributed by atoms with E-state index < -0.39 is 0 Å². The number of carbonyl (C=O) groups excluding carboxylic acids is 1. The number of ether oxygens (including phenoxy) is 1. The average Bonchev–Trinajstić information content (AvgIpc) is 2.95. The first-order valence-electron chi connectivity index (χ1n) is 9.08. The lowest BCUT2D eigenvalue weighted by Gasteiger charge is -2.16. The van der Waals surface area contributed by atoms with Crippen molar-refractivity contribution in [3.8, 4) is 5.88 Å². The van der Waals surface area contributed by atoms with Crippen LogP contribution in [0, 0.1) is 11.7 Å². The molecule has 2 aliphatic rings. The molecule has 2 aliphatic heterocycles. The lowest BCUT2D eigenvalue weighted by atomic mass is 10.1. The third kappa shape index (κ3) is 3.36. The molecule has 7 nitrogen and oxygen atoms in total. The molecule has 0 atom stereocenters. The molecule has 144 valence electrons. The Bertz CT molecular complexity index is 1210. The van der Waals surface area contributed by atoms with E-state index in [2.05, 4.69) is 9.56 Å². The van der Waals surface area contributed by atoms with Gasteiger partial charge in [0.25, 0.3) is 0 Å². The van der Waals surface area contributed by atoms with E-state index in [-0.39, 0.29) is 16.6 Å². The van der Waals surface area contributed by atoms with Crippen molar-refractivity contribution in [2.45, 2.75) is 13.8 Å². The maximum Gasteiger partial charge on any atom is 0.326 e. The van der Waals surface area contributed by atoms with Crippen molar-refractivity contribution in [1.29, 1.82) is 0 Å². The number of fused-ring (bicyclic) bond motifs is 1. The number of nitrogens with one attached hydrogen (secondary N) is 1. The number of hydrogen-bond acceptors (Lipinski definition) is 4. The van der Waals surface area contributed by atoms with E-state index in [9.17, 15) is 9.90 Å². The van der Waals surface area contributed by atoms with Gasteiger partial charge in [-0.25, -0.2) is 0 Å². The zero-order valence-corrected chi connectivity index (χ0v) is 16.5.